The lowest BCUT2D eigenvalue weighted by Crippen LogP contribution is -2.53. The maximum atomic E-state index is 12.0. The van der Waals surface area contributed by atoms with Crippen molar-refractivity contribution in [2.45, 2.75) is 17.4 Å². The Labute approximate surface area is 100.0 Å². The number of sulfonamides is 1. The van der Waals surface area contributed by atoms with Gasteiger partial charge in [0.05, 0.1) is 23.5 Å². The van der Waals surface area contributed by atoms with Crippen LogP contribution >= 0.6 is 0 Å². The van der Waals surface area contributed by atoms with E-state index >= 15 is 0 Å². The quantitative estimate of drug-likeness (QED) is 0.828. The summed E-state index contributed by atoms with van der Waals surface area (Å²) in [7, 11) is -3.48. The molecule has 0 radical (unpaired) electrons. The second-order valence-corrected chi connectivity index (χ2v) is 5.89. The topological polar surface area (TPSA) is 81.4 Å². The zero-order valence-electron chi connectivity index (χ0n) is 9.07. The number of aliphatic hydroxyl groups is 1. The number of nitrogens with zero attached hydrogens (tertiary/aromatic N) is 2. The summed E-state index contributed by atoms with van der Waals surface area (Å²) < 4.78 is 25.2. The van der Waals surface area contributed by atoms with Crippen LogP contribution in [0.1, 0.15) is 5.56 Å². The fraction of sp³-hybridized carbons (Fsp3) is 0.364. The molecule has 0 aromatic heterocycles. The van der Waals surface area contributed by atoms with Gasteiger partial charge in [-0.25, -0.2) is 8.42 Å². The van der Waals surface area contributed by atoms with Gasteiger partial charge in [-0.3, -0.25) is 0 Å². The highest BCUT2D eigenvalue weighted by Crippen LogP contribution is 2.21. The van der Waals surface area contributed by atoms with Gasteiger partial charge in [0, 0.05) is 13.1 Å². The summed E-state index contributed by atoms with van der Waals surface area (Å²) in [4.78, 5) is 0.200. The molecule has 0 amide bonds. The third-order valence-electron chi connectivity index (χ3n) is 2.67. The number of aliphatic hydroxyl groups excluding tert-OH is 1. The predicted molar refractivity (Wildman–Crippen MR) is 60.5 cm³/mol. The number of β-amino-alcohol motifs (C(OH)–C–C–N with tert-alkyl or cyclic N) is 1. The van der Waals surface area contributed by atoms with Gasteiger partial charge in [-0.15, -0.1) is 0 Å². The van der Waals surface area contributed by atoms with E-state index in [2.05, 4.69) is 0 Å². The molecule has 0 spiro atoms. The van der Waals surface area contributed by atoms with Gasteiger partial charge in [0.2, 0.25) is 10.0 Å². The normalized spacial score (nSPS) is 17.4. The van der Waals surface area contributed by atoms with Crippen LogP contribution in [0.3, 0.4) is 0 Å². The van der Waals surface area contributed by atoms with Gasteiger partial charge in [-0.1, -0.05) is 12.1 Å². The lowest BCUT2D eigenvalue weighted by Gasteiger charge is -2.34. The molecular weight excluding hydrogens is 240 g/mol. The van der Waals surface area contributed by atoms with Gasteiger partial charge in [-0.2, -0.15) is 9.57 Å². The van der Waals surface area contributed by atoms with Crippen LogP contribution in [0, 0.1) is 11.3 Å². The van der Waals surface area contributed by atoms with Crippen LogP contribution < -0.4 is 0 Å². The van der Waals surface area contributed by atoms with Crippen molar-refractivity contribution < 1.29 is 13.5 Å². The summed E-state index contributed by atoms with van der Waals surface area (Å²) in [5.74, 6) is 0. The monoisotopic (exact) mass is 252 g/mol. The molecule has 0 aliphatic carbocycles. The van der Waals surface area contributed by atoms with Gasteiger partial charge in [-0.05, 0) is 17.7 Å². The molecule has 5 nitrogen and oxygen atoms in total. The van der Waals surface area contributed by atoms with E-state index in [0.717, 1.165) is 5.56 Å². The molecule has 0 unspecified atom stereocenters. The predicted octanol–water partition coefficient (Wildman–Crippen LogP) is 0.118. The number of hydrogen-bond acceptors (Lipinski definition) is 4. The van der Waals surface area contributed by atoms with E-state index in [1.807, 2.05) is 6.07 Å². The molecule has 1 aromatic rings. The van der Waals surface area contributed by atoms with E-state index in [1.165, 1.54) is 16.4 Å². The second kappa shape index (κ2) is 4.45. The molecule has 2 rings (SSSR count). The molecule has 1 aliphatic heterocycles. The summed E-state index contributed by atoms with van der Waals surface area (Å²) in [6.45, 7) is 0.310. The molecule has 17 heavy (non-hydrogen) atoms. The van der Waals surface area contributed by atoms with Crippen molar-refractivity contribution in [1.82, 2.24) is 4.31 Å². The van der Waals surface area contributed by atoms with Gasteiger partial charge >= 0.3 is 0 Å². The van der Waals surface area contributed by atoms with Crippen LogP contribution in [0.15, 0.2) is 29.2 Å². The molecule has 0 saturated carbocycles. The van der Waals surface area contributed by atoms with E-state index in [1.54, 1.807) is 12.1 Å². The Morgan fingerprint density at radius 2 is 1.94 bits per heavy atom. The highest BCUT2D eigenvalue weighted by Gasteiger charge is 2.35. The first-order chi connectivity index (χ1) is 8.04. The Morgan fingerprint density at radius 1 is 1.35 bits per heavy atom. The fourth-order valence-corrected chi connectivity index (χ4v) is 3.15. The van der Waals surface area contributed by atoms with Crippen molar-refractivity contribution in [3.05, 3.63) is 29.8 Å². The van der Waals surface area contributed by atoms with Crippen molar-refractivity contribution in [1.29, 1.82) is 5.26 Å². The van der Waals surface area contributed by atoms with E-state index in [-0.39, 0.29) is 24.4 Å². The maximum absolute atomic E-state index is 12.0. The minimum atomic E-state index is -3.48. The van der Waals surface area contributed by atoms with Crippen molar-refractivity contribution in [3.63, 3.8) is 0 Å². The average Bonchev–Trinajstić information content (AvgIpc) is 2.26. The lowest BCUT2D eigenvalue weighted by atomic mass is 10.2. The average molecular weight is 252 g/mol. The van der Waals surface area contributed by atoms with E-state index in [4.69, 9.17) is 10.4 Å². The molecule has 0 bridgehead atoms. The molecule has 1 aliphatic rings. The lowest BCUT2D eigenvalue weighted by molar-refractivity contribution is 0.0548. The number of benzene rings is 1. The fourth-order valence-electron chi connectivity index (χ4n) is 1.63. The maximum Gasteiger partial charge on any atom is 0.243 e. The first kappa shape index (κ1) is 12.0. The molecule has 1 heterocycles. The summed E-state index contributed by atoms with van der Waals surface area (Å²) in [6, 6.07) is 8.25. The van der Waals surface area contributed by atoms with Gasteiger partial charge in [0.1, 0.15) is 0 Å². The van der Waals surface area contributed by atoms with Gasteiger partial charge in [0.25, 0.3) is 0 Å². The number of rotatable bonds is 3. The Bertz CT molecular complexity index is 539. The molecule has 1 saturated heterocycles. The first-order valence-electron chi connectivity index (χ1n) is 5.18. The molecule has 1 aromatic carbocycles. The van der Waals surface area contributed by atoms with Gasteiger partial charge in [0.15, 0.2) is 0 Å². The van der Waals surface area contributed by atoms with E-state index in [0.29, 0.717) is 0 Å². The Morgan fingerprint density at radius 3 is 2.41 bits per heavy atom. The Balaban J connectivity index is 2.20. The van der Waals surface area contributed by atoms with E-state index < -0.39 is 16.1 Å². The van der Waals surface area contributed by atoms with E-state index in [9.17, 15) is 8.42 Å². The standard InChI is InChI=1S/C11H12N2O3S/c12-6-5-9-1-3-11(4-2-9)17(15,16)13-7-10(14)8-13/h1-4,10,14H,5,7-8H2. The van der Waals surface area contributed by atoms with Crippen LogP contribution in [0.2, 0.25) is 0 Å². The van der Waals surface area contributed by atoms with Crippen LogP contribution in [0.25, 0.3) is 0 Å². The van der Waals surface area contributed by atoms with Crippen molar-refractivity contribution in [2.24, 2.45) is 0 Å². The van der Waals surface area contributed by atoms with Gasteiger partial charge < -0.3 is 5.11 Å². The Hall–Kier alpha value is -1.42. The third kappa shape index (κ3) is 2.31. The van der Waals surface area contributed by atoms with Crippen LogP contribution in [0.4, 0.5) is 0 Å². The largest absolute Gasteiger partial charge is 0.390 e. The number of nitriles is 1. The zero-order chi connectivity index (χ0) is 12.5. The van der Waals surface area contributed by atoms with Crippen molar-refractivity contribution >= 4 is 10.0 Å². The summed E-state index contributed by atoms with van der Waals surface area (Å²) >= 11 is 0. The minimum absolute atomic E-state index is 0.155. The highest BCUT2D eigenvalue weighted by molar-refractivity contribution is 7.89. The number of hydrogen-bond donors (Lipinski definition) is 1. The second-order valence-electron chi connectivity index (χ2n) is 3.95. The summed E-state index contributed by atoms with van der Waals surface area (Å²) in [5, 5.41) is 17.6. The van der Waals surface area contributed by atoms with Crippen molar-refractivity contribution in [2.75, 3.05) is 13.1 Å². The third-order valence-corrected chi connectivity index (χ3v) is 4.52. The highest BCUT2D eigenvalue weighted by atomic mass is 32.2. The molecule has 90 valence electrons. The molecule has 0 atom stereocenters. The van der Waals surface area contributed by atoms with Crippen LogP contribution in [-0.2, 0) is 16.4 Å². The first-order valence-corrected chi connectivity index (χ1v) is 6.62. The minimum Gasteiger partial charge on any atom is -0.390 e. The van der Waals surface area contributed by atoms with Crippen LogP contribution in [0.5, 0.6) is 0 Å². The molecule has 1 N–H and O–H groups in total. The Kier molecular flexibility index (Phi) is 3.15. The molecule has 1 fully saturated rings. The van der Waals surface area contributed by atoms with Crippen LogP contribution in [-0.4, -0.2) is 37.0 Å². The summed E-state index contributed by atoms with van der Waals surface area (Å²) in [6.07, 6.45) is -0.286. The zero-order valence-corrected chi connectivity index (χ0v) is 9.89. The molecule has 6 heteroatoms. The molecular formula is C11H12N2O3S. The van der Waals surface area contributed by atoms with Crippen molar-refractivity contribution in [3.8, 4) is 6.07 Å². The SMILES string of the molecule is N#CCc1ccc(S(=O)(=O)N2CC(O)C2)cc1. The summed E-state index contributed by atoms with van der Waals surface area (Å²) in [5.41, 5.74) is 0.787. The smallest absolute Gasteiger partial charge is 0.243 e.